The van der Waals surface area contributed by atoms with E-state index in [0.717, 1.165) is 89.1 Å². The molecule has 737 valence electrons. The van der Waals surface area contributed by atoms with E-state index in [1.165, 1.54) is 183 Å². The Bertz CT molecular complexity index is 8350. The molecule has 2 aliphatic carbocycles. The molecule has 0 amide bonds. The van der Waals surface area contributed by atoms with Gasteiger partial charge in [-0.1, -0.05) is 205 Å². The fraction of sp³-hybridized carbons (Fsp3) is 0.126. The molecule has 26 rings (SSSR count). The molecular formula is C119H88F3Ir3N18O3S2-5. The molecule has 21 nitrogen and oxygen atoms in total. The zero-order valence-electron chi connectivity index (χ0n) is 79.8. The van der Waals surface area contributed by atoms with E-state index < -0.39 is 11.7 Å². The van der Waals surface area contributed by atoms with E-state index >= 15 is 0 Å². The van der Waals surface area contributed by atoms with Gasteiger partial charge in [-0.15, -0.1) is 149 Å². The molecular weight excluding hydrogens is 2430 g/mol. The first-order chi connectivity index (χ1) is 71.1. The van der Waals surface area contributed by atoms with Crippen LogP contribution in [0.5, 0.6) is 0 Å². The Kier molecular flexibility index (Phi) is 32.5. The average molecular weight is 2520 g/mol. The monoisotopic (exact) mass is 2520 g/mol. The minimum Gasteiger partial charge on any atom is -0.512 e. The van der Waals surface area contributed by atoms with Crippen LogP contribution < -0.4 is 0 Å². The van der Waals surface area contributed by atoms with Gasteiger partial charge in [0.1, 0.15) is 28.8 Å². The molecule has 0 bridgehead atoms. The number of thiophene rings is 2. The second-order valence-electron chi connectivity index (χ2n) is 35.1. The minimum atomic E-state index is -4.41. The van der Waals surface area contributed by atoms with Crippen LogP contribution in [-0.4, -0.2) is 101 Å². The Morgan fingerprint density at radius 3 is 1.46 bits per heavy atom. The first-order valence-electron chi connectivity index (χ1n) is 47.6. The Hall–Kier alpha value is -15.5. The van der Waals surface area contributed by atoms with Crippen LogP contribution in [-0.2, 0) is 78.3 Å². The molecule has 12 aromatic carbocycles. The summed E-state index contributed by atoms with van der Waals surface area (Å²) in [6.45, 7) is 2.85. The number of aromatic nitrogens is 18. The molecule has 0 atom stereocenters. The number of ketones is 1. The molecule has 12 heterocycles. The summed E-state index contributed by atoms with van der Waals surface area (Å²) in [7, 11) is 2.12. The molecule has 29 heteroatoms. The number of aryl methyl sites for hydroxylation is 1. The maximum atomic E-state index is 12.5. The van der Waals surface area contributed by atoms with Crippen molar-refractivity contribution in [3.63, 3.8) is 0 Å². The molecule has 0 saturated heterocycles. The van der Waals surface area contributed by atoms with Crippen LogP contribution in [0.25, 0.3) is 199 Å². The quantitative estimate of drug-likeness (QED) is 0.0603. The van der Waals surface area contributed by atoms with Crippen LogP contribution in [0.1, 0.15) is 100 Å². The van der Waals surface area contributed by atoms with Gasteiger partial charge in [0.25, 0.3) is 0 Å². The number of halogens is 3. The van der Waals surface area contributed by atoms with Gasteiger partial charge in [0.05, 0.1) is 27.3 Å². The van der Waals surface area contributed by atoms with Crippen molar-refractivity contribution in [2.24, 2.45) is 7.05 Å². The second-order valence-corrected chi connectivity index (χ2v) is 37.0. The molecule has 0 aliphatic heterocycles. The molecule has 0 spiro atoms. The fourth-order valence-corrected chi connectivity index (χ4v) is 20.1. The van der Waals surface area contributed by atoms with Gasteiger partial charge < -0.3 is 33.2 Å². The molecule has 24 aromatic rings. The predicted molar refractivity (Wildman–Crippen MR) is 567 cm³/mol. The zero-order valence-corrected chi connectivity index (χ0v) is 88.6. The number of carbonyl (C=O) groups excluding carboxylic acids is 1. The van der Waals surface area contributed by atoms with Gasteiger partial charge in [-0.3, -0.25) is 9.78 Å². The number of carbonyl (C=O) groups is 1. The van der Waals surface area contributed by atoms with Crippen molar-refractivity contribution in [1.29, 1.82) is 0 Å². The van der Waals surface area contributed by atoms with Crippen molar-refractivity contribution in [3.8, 4) is 112 Å². The molecule has 1 N–H and O–H groups in total. The van der Waals surface area contributed by atoms with Crippen LogP contribution in [0, 0.1) is 30.3 Å². The van der Waals surface area contributed by atoms with Gasteiger partial charge in [0, 0.05) is 147 Å². The van der Waals surface area contributed by atoms with Crippen LogP contribution in [0.4, 0.5) is 13.2 Å². The Morgan fingerprint density at radius 1 is 0.399 bits per heavy atom. The summed E-state index contributed by atoms with van der Waals surface area (Å²) in [4.78, 5) is 25.3. The number of aliphatic hydroxyl groups excluding tert-OH is 1. The second kappa shape index (κ2) is 46.9. The summed E-state index contributed by atoms with van der Waals surface area (Å²) in [5.74, 6) is 3.65. The van der Waals surface area contributed by atoms with E-state index in [-0.39, 0.29) is 89.1 Å². The van der Waals surface area contributed by atoms with Crippen LogP contribution >= 0.6 is 22.7 Å². The molecule has 12 aromatic heterocycles. The number of fused-ring (bicyclic) bond motifs is 12. The standard InChI is InChI=1S/C38H23N6.C28H28NO.C24H17N2.C14H7F3N5.C10H5N4S2.C5H8O2.3Ir/c1-5-13-33-29(9-1)30-10-2-6-14-34(30)43(33)27-21-17-25(18-22-27)37-39-41-38(42-40-37)26-19-23-28(24-20-26)44-35-15-7-3-11-31(35)32-12-4-8-16-36(32)44;1-2-7-20(8-3-1)22-13-15-26(29-18-22)24-12-6-11-23-25-17-21(19-9-4-5-10-19)14-16-27(25)30-28(23)24;1-26-23-14-13-18(17-8-3-2-4-9-17)16-21(23)19-10-7-11-20(24(19)26)22-12-5-6-15-25-22;15-14(16,17)10-6-4-9(5-7-10)12-19-21-13(22-20-12)11-3-1-2-8-18-11;1-3-7(15-5-1)9-11-13-10(14-12-9)8-4-2-6-16-8;1-4(6)3-5(2)7;;;/h1-19,21-24H;6,11,13-20H,1-5,7-10H2;2-10,12-16H,1H3;1-4,6-8H;1-3,5-6H;3,6H,1-2H3;;;/q5*-1;;;;. The predicted octanol–water partition coefficient (Wildman–Crippen LogP) is 29.0. The third-order valence-electron chi connectivity index (χ3n) is 25.8. The number of para-hydroxylation sites is 4. The number of allylic oxidation sites excluding steroid dienone is 2. The third kappa shape index (κ3) is 22.5. The summed E-state index contributed by atoms with van der Waals surface area (Å²) < 4.78 is 50.6. The number of nitrogens with zero attached hydrogens (tertiary/aromatic N) is 18. The largest absolute Gasteiger partial charge is 0.512 e. The van der Waals surface area contributed by atoms with E-state index in [1.54, 1.807) is 35.7 Å². The average Bonchev–Trinajstić information content (AvgIpc) is 1.60. The normalized spacial score (nSPS) is 12.6. The fourth-order valence-electron chi connectivity index (χ4n) is 18.9. The van der Waals surface area contributed by atoms with Crippen molar-refractivity contribution in [2.45, 2.75) is 89.6 Å². The number of rotatable bonds is 14. The SMILES string of the molecule is CC(=O)C=C(C)O.Cn1c2ccc(-c3ccccc3)cc2c2cc[c-]c(-c3ccccn3)c21.FC(F)(F)c1c[c-]c(-c2nnc(-c3ccccn3)nn2)cc1.[Ir].[Ir].[Ir].[c-]1cc(-n2c3ccccc3c3ccccc32)ccc1-c1nnc(-c2ccc(-n3c4ccccc4c4ccccc43)cc2)nn1.[c-]1ccc2c(oc3ccc(C4CCCC4)cc32)c1-c1ccc(C2CCCCC2)cn1.[c-]1ccsc1-c1nnc(-c2cccs2)nn1. The Labute approximate surface area is 898 Å². The molecule has 0 unspecified atom stereocenters. The third-order valence-corrected chi connectivity index (χ3v) is 27.4. The van der Waals surface area contributed by atoms with Crippen molar-refractivity contribution in [2.75, 3.05) is 0 Å². The van der Waals surface area contributed by atoms with E-state index in [1.807, 2.05) is 89.8 Å². The number of hydrogen-bond acceptors (Lipinski definition) is 20. The molecule has 2 saturated carbocycles. The summed E-state index contributed by atoms with van der Waals surface area (Å²) in [6.07, 6.45) is 14.3. The maximum absolute atomic E-state index is 12.5. The van der Waals surface area contributed by atoms with Gasteiger partial charge >= 0.3 is 6.18 Å². The number of furan rings is 1. The van der Waals surface area contributed by atoms with Gasteiger partial charge in [0.15, 0.2) is 5.78 Å². The van der Waals surface area contributed by atoms with Crippen molar-refractivity contribution < 1.29 is 87.8 Å². The minimum absolute atomic E-state index is 0. The molecule has 2 aliphatic rings. The van der Waals surface area contributed by atoms with Gasteiger partial charge in [-0.05, 0) is 210 Å². The maximum Gasteiger partial charge on any atom is 0.381 e. The molecule has 3 radical (unpaired) electrons. The first kappa shape index (κ1) is 102. The summed E-state index contributed by atoms with van der Waals surface area (Å²) in [5.41, 5.74) is 21.8. The molecule has 2 fully saturated rings. The van der Waals surface area contributed by atoms with Gasteiger partial charge in [0.2, 0.25) is 17.5 Å². The summed E-state index contributed by atoms with van der Waals surface area (Å²) in [5, 5.41) is 71.3. The number of alkyl halides is 3. The smallest absolute Gasteiger partial charge is 0.381 e. The Balaban J connectivity index is 0.000000123. The number of benzene rings is 12. The number of pyridine rings is 3. The molecule has 148 heavy (non-hydrogen) atoms. The van der Waals surface area contributed by atoms with Crippen molar-refractivity contribution in [3.05, 3.63) is 404 Å². The zero-order chi connectivity index (χ0) is 98.7. The number of hydrogen-bond donors (Lipinski definition) is 1. The van der Waals surface area contributed by atoms with Gasteiger partial charge in [-0.25, -0.2) is 11.3 Å². The van der Waals surface area contributed by atoms with E-state index in [0.29, 0.717) is 40.8 Å². The van der Waals surface area contributed by atoms with Crippen molar-refractivity contribution in [1.82, 2.24) is 89.8 Å². The first-order valence-corrected chi connectivity index (χ1v) is 49.3. The van der Waals surface area contributed by atoms with Gasteiger partial charge in [-0.2, -0.15) is 55.9 Å². The summed E-state index contributed by atoms with van der Waals surface area (Å²) >= 11 is 3.09. The van der Waals surface area contributed by atoms with Crippen LogP contribution in [0.2, 0.25) is 0 Å². The topological polar surface area (TPSA) is 259 Å². The van der Waals surface area contributed by atoms with E-state index in [4.69, 9.17) is 14.5 Å². The van der Waals surface area contributed by atoms with Crippen LogP contribution in [0.3, 0.4) is 0 Å². The Morgan fingerprint density at radius 2 is 0.919 bits per heavy atom. The summed E-state index contributed by atoms with van der Waals surface area (Å²) in [6, 6.07) is 120. The van der Waals surface area contributed by atoms with E-state index in [9.17, 15) is 18.0 Å². The van der Waals surface area contributed by atoms with E-state index in [2.05, 4.69) is 335 Å². The van der Waals surface area contributed by atoms with Crippen LogP contribution in [0.15, 0.2) is 361 Å². The number of aliphatic hydroxyl groups is 1. The van der Waals surface area contributed by atoms with Crippen molar-refractivity contribution >= 4 is 116 Å².